The summed E-state index contributed by atoms with van der Waals surface area (Å²) in [5.41, 5.74) is 2.49. The summed E-state index contributed by atoms with van der Waals surface area (Å²) < 4.78 is 10.5. The quantitative estimate of drug-likeness (QED) is 0.854. The number of hydrogen-bond donors (Lipinski definition) is 1. The first-order valence-corrected chi connectivity index (χ1v) is 8.97. The number of carbonyl (C=O) groups is 1. The second kappa shape index (κ2) is 8.23. The molecule has 1 saturated heterocycles. The molecule has 1 unspecified atom stereocenters. The zero-order valence-corrected chi connectivity index (χ0v) is 15.6. The van der Waals surface area contributed by atoms with Crippen molar-refractivity contribution in [3.05, 3.63) is 53.6 Å². The zero-order valence-electron chi connectivity index (χ0n) is 15.6. The molecule has 3 rings (SSSR count). The summed E-state index contributed by atoms with van der Waals surface area (Å²) in [5, 5.41) is 2.93. The molecule has 5 nitrogen and oxygen atoms in total. The summed E-state index contributed by atoms with van der Waals surface area (Å²) in [6, 6.07) is 13.8. The van der Waals surface area contributed by atoms with Gasteiger partial charge in [-0.25, -0.2) is 0 Å². The van der Waals surface area contributed by atoms with Crippen molar-refractivity contribution in [2.45, 2.75) is 32.4 Å². The van der Waals surface area contributed by atoms with Crippen LogP contribution < -0.4 is 14.8 Å². The van der Waals surface area contributed by atoms with Crippen LogP contribution in [0, 0.1) is 0 Å². The van der Waals surface area contributed by atoms with E-state index >= 15 is 0 Å². The summed E-state index contributed by atoms with van der Waals surface area (Å²) in [6.45, 7) is 4.28. The predicted molar refractivity (Wildman–Crippen MR) is 103 cm³/mol. The van der Waals surface area contributed by atoms with Gasteiger partial charge in [0, 0.05) is 29.9 Å². The van der Waals surface area contributed by atoms with E-state index in [1.165, 1.54) is 18.4 Å². The Bertz CT molecular complexity index is 776. The summed E-state index contributed by atoms with van der Waals surface area (Å²) in [6.07, 6.45) is 2.50. The number of nitrogens with zero attached hydrogens (tertiary/aromatic N) is 1. The van der Waals surface area contributed by atoms with Crippen molar-refractivity contribution in [3.8, 4) is 11.5 Å². The molecule has 0 spiro atoms. The van der Waals surface area contributed by atoms with Crippen LogP contribution in [0.3, 0.4) is 0 Å². The molecule has 1 atom stereocenters. The Kier molecular flexibility index (Phi) is 5.78. The fourth-order valence-electron chi connectivity index (χ4n) is 3.39. The fourth-order valence-corrected chi connectivity index (χ4v) is 3.39. The van der Waals surface area contributed by atoms with Gasteiger partial charge >= 0.3 is 0 Å². The van der Waals surface area contributed by atoms with E-state index in [2.05, 4.69) is 23.2 Å². The van der Waals surface area contributed by atoms with Crippen molar-refractivity contribution >= 4 is 11.6 Å². The molecule has 0 bridgehead atoms. The van der Waals surface area contributed by atoms with Gasteiger partial charge in [-0.2, -0.15) is 0 Å². The SMILES string of the molecule is COc1ccc(NC(=O)c2cccc(CN3CCCC3C)c2)cc1OC. The maximum absolute atomic E-state index is 12.6. The minimum atomic E-state index is -0.131. The highest BCUT2D eigenvalue weighted by atomic mass is 16.5. The highest BCUT2D eigenvalue weighted by molar-refractivity contribution is 6.04. The molecule has 0 saturated carbocycles. The van der Waals surface area contributed by atoms with Gasteiger partial charge in [0.2, 0.25) is 0 Å². The molecule has 0 radical (unpaired) electrons. The highest BCUT2D eigenvalue weighted by Gasteiger charge is 2.20. The monoisotopic (exact) mass is 354 g/mol. The third-order valence-corrected chi connectivity index (χ3v) is 4.91. The number of anilines is 1. The average molecular weight is 354 g/mol. The normalized spacial score (nSPS) is 17.1. The standard InChI is InChI=1S/C21H26N2O3/c1-15-6-5-11-23(15)14-16-7-4-8-17(12-16)21(24)22-18-9-10-19(25-2)20(13-18)26-3/h4,7-10,12-13,15H,5-6,11,14H2,1-3H3,(H,22,24). The van der Waals surface area contributed by atoms with E-state index < -0.39 is 0 Å². The van der Waals surface area contributed by atoms with Crippen LogP contribution in [-0.4, -0.2) is 37.6 Å². The lowest BCUT2D eigenvalue weighted by atomic mass is 10.1. The average Bonchev–Trinajstić information content (AvgIpc) is 3.06. The maximum atomic E-state index is 12.6. The van der Waals surface area contributed by atoms with Gasteiger partial charge in [-0.05, 0) is 56.1 Å². The Morgan fingerprint density at radius 2 is 1.96 bits per heavy atom. The van der Waals surface area contributed by atoms with Crippen LogP contribution in [0.15, 0.2) is 42.5 Å². The largest absolute Gasteiger partial charge is 0.493 e. The van der Waals surface area contributed by atoms with Gasteiger partial charge in [-0.3, -0.25) is 9.69 Å². The first kappa shape index (κ1) is 18.3. The number of ether oxygens (including phenoxy) is 2. The van der Waals surface area contributed by atoms with Crippen LogP contribution in [-0.2, 0) is 6.54 Å². The minimum Gasteiger partial charge on any atom is -0.493 e. The molecule has 1 aliphatic rings. The van der Waals surface area contributed by atoms with E-state index in [1.807, 2.05) is 18.2 Å². The first-order chi connectivity index (χ1) is 12.6. The molecule has 1 N–H and O–H groups in total. The molecule has 0 aliphatic carbocycles. The molecular formula is C21H26N2O3. The summed E-state index contributed by atoms with van der Waals surface area (Å²) in [4.78, 5) is 15.1. The molecule has 5 heteroatoms. The van der Waals surface area contributed by atoms with Crippen molar-refractivity contribution in [1.29, 1.82) is 0 Å². The van der Waals surface area contributed by atoms with Crippen molar-refractivity contribution in [3.63, 3.8) is 0 Å². The Morgan fingerprint density at radius 3 is 2.65 bits per heavy atom. The van der Waals surface area contributed by atoms with E-state index in [0.717, 1.165) is 13.1 Å². The molecule has 26 heavy (non-hydrogen) atoms. The van der Waals surface area contributed by atoms with Crippen molar-refractivity contribution in [2.75, 3.05) is 26.1 Å². The highest BCUT2D eigenvalue weighted by Crippen LogP contribution is 2.30. The zero-order chi connectivity index (χ0) is 18.5. The minimum absolute atomic E-state index is 0.131. The lowest BCUT2D eigenvalue weighted by Crippen LogP contribution is -2.26. The molecule has 2 aromatic carbocycles. The van der Waals surface area contributed by atoms with Crippen LogP contribution in [0.5, 0.6) is 11.5 Å². The summed E-state index contributed by atoms with van der Waals surface area (Å²) in [7, 11) is 3.16. The number of benzene rings is 2. The molecular weight excluding hydrogens is 328 g/mol. The molecule has 138 valence electrons. The van der Waals surface area contributed by atoms with Crippen LogP contribution >= 0.6 is 0 Å². The van der Waals surface area contributed by atoms with Gasteiger partial charge in [-0.15, -0.1) is 0 Å². The number of nitrogens with one attached hydrogen (secondary N) is 1. The van der Waals surface area contributed by atoms with E-state index in [4.69, 9.17) is 9.47 Å². The Hall–Kier alpha value is -2.53. The smallest absolute Gasteiger partial charge is 0.255 e. The maximum Gasteiger partial charge on any atom is 0.255 e. The van der Waals surface area contributed by atoms with Crippen LogP contribution in [0.2, 0.25) is 0 Å². The van der Waals surface area contributed by atoms with Crippen molar-refractivity contribution in [2.24, 2.45) is 0 Å². The molecule has 0 aromatic heterocycles. The van der Waals surface area contributed by atoms with E-state index in [9.17, 15) is 4.79 Å². The van der Waals surface area contributed by atoms with Gasteiger partial charge in [0.05, 0.1) is 14.2 Å². The lowest BCUT2D eigenvalue weighted by molar-refractivity contribution is 0.102. The molecule has 1 amide bonds. The second-order valence-electron chi connectivity index (χ2n) is 6.69. The van der Waals surface area contributed by atoms with Gasteiger partial charge in [0.1, 0.15) is 0 Å². The Morgan fingerprint density at radius 1 is 1.15 bits per heavy atom. The van der Waals surface area contributed by atoms with Gasteiger partial charge in [0.25, 0.3) is 5.91 Å². The van der Waals surface area contributed by atoms with Crippen LogP contribution in [0.1, 0.15) is 35.7 Å². The Labute approximate surface area is 154 Å². The Balaban J connectivity index is 1.71. The van der Waals surface area contributed by atoms with Crippen LogP contribution in [0.4, 0.5) is 5.69 Å². The third kappa shape index (κ3) is 4.17. The second-order valence-corrected chi connectivity index (χ2v) is 6.69. The number of amides is 1. The molecule has 1 heterocycles. The van der Waals surface area contributed by atoms with Crippen molar-refractivity contribution in [1.82, 2.24) is 4.90 Å². The number of methoxy groups -OCH3 is 2. The van der Waals surface area contributed by atoms with Crippen LogP contribution in [0.25, 0.3) is 0 Å². The third-order valence-electron chi connectivity index (χ3n) is 4.91. The molecule has 2 aromatic rings. The van der Waals surface area contributed by atoms with E-state index in [0.29, 0.717) is 28.8 Å². The predicted octanol–water partition coefficient (Wildman–Crippen LogP) is 3.94. The van der Waals surface area contributed by atoms with E-state index in [1.54, 1.807) is 32.4 Å². The fraction of sp³-hybridized carbons (Fsp3) is 0.381. The number of likely N-dealkylation sites (tertiary alicyclic amines) is 1. The number of hydrogen-bond acceptors (Lipinski definition) is 4. The van der Waals surface area contributed by atoms with E-state index in [-0.39, 0.29) is 5.91 Å². The van der Waals surface area contributed by atoms with Gasteiger partial charge in [-0.1, -0.05) is 12.1 Å². The van der Waals surface area contributed by atoms with Crippen molar-refractivity contribution < 1.29 is 14.3 Å². The molecule has 1 aliphatic heterocycles. The number of rotatable bonds is 6. The summed E-state index contributed by atoms with van der Waals surface area (Å²) >= 11 is 0. The van der Waals surface area contributed by atoms with Gasteiger partial charge < -0.3 is 14.8 Å². The van der Waals surface area contributed by atoms with Gasteiger partial charge in [0.15, 0.2) is 11.5 Å². The lowest BCUT2D eigenvalue weighted by Gasteiger charge is -2.21. The molecule has 1 fully saturated rings. The topological polar surface area (TPSA) is 50.8 Å². The summed E-state index contributed by atoms with van der Waals surface area (Å²) in [5.74, 6) is 1.09. The first-order valence-electron chi connectivity index (χ1n) is 8.97. The number of carbonyl (C=O) groups excluding carboxylic acids is 1.